The number of aromatic amines is 1. The Morgan fingerprint density at radius 2 is 2.25 bits per heavy atom. The summed E-state index contributed by atoms with van der Waals surface area (Å²) in [6.45, 7) is 2.28. The number of rotatable bonds is 3. The van der Waals surface area contributed by atoms with Gasteiger partial charge in [-0.15, -0.1) is 21.5 Å². The van der Waals surface area contributed by atoms with Gasteiger partial charge in [0.25, 0.3) is 0 Å². The topological polar surface area (TPSA) is 87.9 Å². The standard InChI is InChI=1S/C19H16FN5O2S/c1-10-23-24-14(28-10)8-15(26)25-7-6-12-17(22-9-21-12)18(25)19-16(20)11-4-2-3-5-13(11)27-19/h2-5,9,18H,6-8H2,1H3,(H,21,22)/t18-/m0/s1. The second-order valence-electron chi connectivity index (χ2n) is 6.67. The molecule has 28 heavy (non-hydrogen) atoms. The Labute approximate surface area is 163 Å². The number of H-pyrrole nitrogens is 1. The summed E-state index contributed by atoms with van der Waals surface area (Å²) >= 11 is 1.38. The van der Waals surface area contributed by atoms with Gasteiger partial charge in [0.05, 0.1) is 23.8 Å². The van der Waals surface area contributed by atoms with E-state index in [9.17, 15) is 4.79 Å². The molecule has 1 aliphatic heterocycles. The number of hydrogen-bond donors (Lipinski definition) is 1. The Kier molecular flexibility index (Phi) is 3.97. The summed E-state index contributed by atoms with van der Waals surface area (Å²) < 4.78 is 21.0. The first-order valence-electron chi connectivity index (χ1n) is 8.89. The Bertz CT molecular complexity index is 1180. The van der Waals surface area contributed by atoms with Gasteiger partial charge in [-0.05, 0) is 19.1 Å². The van der Waals surface area contributed by atoms with E-state index < -0.39 is 11.9 Å². The van der Waals surface area contributed by atoms with Crippen molar-refractivity contribution in [1.29, 1.82) is 0 Å². The second-order valence-corrected chi connectivity index (χ2v) is 7.94. The van der Waals surface area contributed by atoms with Gasteiger partial charge in [-0.1, -0.05) is 12.1 Å². The normalized spacial score (nSPS) is 16.5. The Morgan fingerprint density at radius 1 is 1.39 bits per heavy atom. The minimum absolute atomic E-state index is 0.107. The number of aryl methyl sites for hydroxylation is 1. The van der Waals surface area contributed by atoms with E-state index in [0.717, 1.165) is 10.7 Å². The van der Waals surface area contributed by atoms with Gasteiger partial charge in [0.1, 0.15) is 21.6 Å². The van der Waals surface area contributed by atoms with Crippen LogP contribution in [0.3, 0.4) is 0 Å². The lowest BCUT2D eigenvalue weighted by Gasteiger charge is -2.33. The highest BCUT2D eigenvalue weighted by Gasteiger charge is 2.38. The largest absolute Gasteiger partial charge is 0.455 e. The van der Waals surface area contributed by atoms with Crippen LogP contribution in [0.25, 0.3) is 11.0 Å². The van der Waals surface area contributed by atoms with Crippen molar-refractivity contribution in [2.24, 2.45) is 0 Å². The summed E-state index contributed by atoms with van der Waals surface area (Å²) in [4.78, 5) is 22.2. The van der Waals surface area contributed by atoms with Gasteiger partial charge in [0.2, 0.25) is 5.91 Å². The van der Waals surface area contributed by atoms with Gasteiger partial charge in [0.15, 0.2) is 11.6 Å². The van der Waals surface area contributed by atoms with Crippen LogP contribution in [0.15, 0.2) is 35.0 Å². The second kappa shape index (κ2) is 6.52. The van der Waals surface area contributed by atoms with Crippen LogP contribution in [0.2, 0.25) is 0 Å². The van der Waals surface area contributed by atoms with Crippen LogP contribution in [0, 0.1) is 12.7 Å². The molecular weight excluding hydrogens is 381 g/mol. The van der Waals surface area contributed by atoms with E-state index in [1.54, 1.807) is 35.5 Å². The lowest BCUT2D eigenvalue weighted by Crippen LogP contribution is -2.41. The molecule has 0 radical (unpaired) electrons. The smallest absolute Gasteiger partial charge is 0.230 e. The van der Waals surface area contributed by atoms with Crippen molar-refractivity contribution in [1.82, 2.24) is 25.1 Å². The van der Waals surface area contributed by atoms with Crippen molar-refractivity contribution < 1.29 is 13.6 Å². The highest BCUT2D eigenvalue weighted by molar-refractivity contribution is 7.11. The molecule has 1 N–H and O–H groups in total. The molecule has 1 aromatic carbocycles. The molecule has 1 atom stereocenters. The van der Waals surface area contributed by atoms with E-state index in [0.29, 0.717) is 34.6 Å². The van der Waals surface area contributed by atoms with Crippen LogP contribution in [0.4, 0.5) is 4.39 Å². The van der Waals surface area contributed by atoms with Crippen LogP contribution in [-0.2, 0) is 17.6 Å². The number of aromatic nitrogens is 4. The predicted octanol–water partition coefficient (Wildman–Crippen LogP) is 3.17. The molecule has 4 heterocycles. The fourth-order valence-corrected chi connectivity index (χ4v) is 4.36. The average Bonchev–Trinajstić information content (AvgIpc) is 3.40. The summed E-state index contributed by atoms with van der Waals surface area (Å²) in [5.41, 5.74) is 1.96. The van der Waals surface area contributed by atoms with Crippen LogP contribution in [0.1, 0.15) is 33.2 Å². The zero-order chi connectivity index (χ0) is 19.3. The number of carbonyl (C=O) groups is 1. The number of amides is 1. The molecule has 0 fully saturated rings. The van der Waals surface area contributed by atoms with Crippen LogP contribution in [-0.4, -0.2) is 37.5 Å². The van der Waals surface area contributed by atoms with Gasteiger partial charge in [-0.3, -0.25) is 4.79 Å². The monoisotopic (exact) mass is 397 g/mol. The number of carbonyl (C=O) groups excluding carboxylic acids is 1. The molecule has 1 aliphatic rings. The first kappa shape index (κ1) is 17.1. The van der Waals surface area contributed by atoms with E-state index in [1.807, 2.05) is 6.92 Å². The zero-order valence-electron chi connectivity index (χ0n) is 15.0. The quantitative estimate of drug-likeness (QED) is 0.574. The third-order valence-electron chi connectivity index (χ3n) is 4.92. The average molecular weight is 397 g/mol. The van der Waals surface area contributed by atoms with Crippen molar-refractivity contribution in [3.63, 3.8) is 0 Å². The van der Waals surface area contributed by atoms with Crippen molar-refractivity contribution in [3.05, 3.63) is 63.6 Å². The summed E-state index contributed by atoms with van der Waals surface area (Å²) in [5.74, 6) is -0.508. The number of nitrogens with one attached hydrogen (secondary N) is 1. The third kappa shape index (κ3) is 2.70. The van der Waals surface area contributed by atoms with Crippen LogP contribution < -0.4 is 0 Å². The van der Waals surface area contributed by atoms with Gasteiger partial charge in [0, 0.05) is 18.7 Å². The highest BCUT2D eigenvalue weighted by Crippen LogP contribution is 2.38. The number of fused-ring (bicyclic) bond motifs is 2. The Morgan fingerprint density at radius 3 is 3.04 bits per heavy atom. The van der Waals surface area contributed by atoms with Crippen LogP contribution in [0.5, 0.6) is 0 Å². The minimum atomic E-state index is -0.719. The van der Waals surface area contributed by atoms with Crippen molar-refractivity contribution >= 4 is 28.2 Å². The number of nitrogens with zero attached hydrogens (tertiary/aromatic N) is 4. The highest BCUT2D eigenvalue weighted by atomic mass is 32.1. The molecule has 0 saturated heterocycles. The number of furan rings is 1. The molecule has 5 rings (SSSR count). The molecule has 0 saturated carbocycles. The lowest BCUT2D eigenvalue weighted by molar-refractivity contribution is -0.133. The van der Waals surface area contributed by atoms with Crippen LogP contribution >= 0.6 is 11.3 Å². The maximum atomic E-state index is 15.2. The molecule has 7 nitrogen and oxygen atoms in total. The van der Waals surface area contributed by atoms with Gasteiger partial charge in [-0.25, -0.2) is 9.37 Å². The summed E-state index contributed by atoms with van der Waals surface area (Å²) in [7, 11) is 0. The Hall–Kier alpha value is -3.07. The van der Waals surface area contributed by atoms with Crippen molar-refractivity contribution in [3.8, 4) is 0 Å². The number of benzene rings is 1. The Balaban J connectivity index is 1.58. The zero-order valence-corrected chi connectivity index (χ0v) is 15.8. The number of imidazole rings is 1. The summed E-state index contributed by atoms with van der Waals surface area (Å²) in [6.07, 6.45) is 2.30. The summed E-state index contributed by atoms with van der Waals surface area (Å²) in [6, 6.07) is 6.21. The van der Waals surface area contributed by atoms with E-state index in [-0.39, 0.29) is 18.1 Å². The van der Waals surface area contributed by atoms with Gasteiger partial charge in [-0.2, -0.15) is 0 Å². The molecule has 0 unspecified atom stereocenters. The molecule has 0 aliphatic carbocycles. The SMILES string of the molecule is Cc1nnc(CC(=O)N2CCc3[nH]cnc3[C@H]2c2oc3ccccc3c2F)s1. The first-order chi connectivity index (χ1) is 13.6. The maximum absolute atomic E-state index is 15.2. The van der Waals surface area contributed by atoms with E-state index >= 15 is 4.39 Å². The lowest BCUT2D eigenvalue weighted by atomic mass is 9.99. The third-order valence-corrected chi connectivity index (χ3v) is 5.76. The first-order valence-corrected chi connectivity index (χ1v) is 9.71. The molecule has 3 aromatic heterocycles. The van der Waals surface area contributed by atoms with E-state index in [2.05, 4.69) is 20.2 Å². The molecular formula is C19H16FN5O2S. The number of halogens is 1. The van der Waals surface area contributed by atoms with Gasteiger partial charge >= 0.3 is 0 Å². The molecule has 0 spiro atoms. The maximum Gasteiger partial charge on any atom is 0.230 e. The minimum Gasteiger partial charge on any atom is -0.455 e. The molecule has 9 heteroatoms. The van der Waals surface area contributed by atoms with Crippen molar-refractivity contribution in [2.45, 2.75) is 25.8 Å². The predicted molar refractivity (Wildman–Crippen MR) is 100 cm³/mol. The van der Waals surface area contributed by atoms with Crippen molar-refractivity contribution in [2.75, 3.05) is 6.54 Å². The van der Waals surface area contributed by atoms with E-state index in [4.69, 9.17) is 4.42 Å². The number of para-hydroxylation sites is 1. The summed E-state index contributed by atoms with van der Waals surface area (Å²) in [5, 5.41) is 9.84. The molecule has 142 valence electrons. The number of hydrogen-bond acceptors (Lipinski definition) is 6. The molecule has 1 amide bonds. The molecule has 4 aromatic rings. The fraction of sp³-hybridized carbons (Fsp3) is 0.263. The fourth-order valence-electron chi connectivity index (χ4n) is 3.66. The van der Waals surface area contributed by atoms with Gasteiger partial charge < -0.3 is 14.3 Å². The van der Waals surface area contributed by atoms with E-state index in [1.165, 1.54) is 11.3 Å². The molecule has 0 bridgehead atoms.